The maximum Gasteiger partial charge on any atom is 0.329 e. The predicted octanol–water partition coefficient (Wildman–Crippen LogP) is 4.71. The summed E-state index contributed by atoms with van der Waals surface area (Å²) >= 11 is 0. The number of amides is 3. The summed E-state index contributed by atoms with van der Waals surface area (Å²) in [6.45, 7) is 0.194. The molecular formula is C29H29N3O4. The summed E-state index contributed by atoms with van der Waals surface area (Å²) in [6.07, 6.45) is 2.17. The number of rotatable bonds is 6. The first-order valence-electron chi connectivity index (χ1n) is 12.3. The quantitative estimate of drug-likeness (QED) is 0.551. The fraction of sp³-hybridized carbons (Fsp3) is 0.276. The number of hydrogen-bond donors (Lipinski definition) is 1. The zero-order valence-corrected chi connectivity index (χ0v) is 19.9. The lowest BCUT2D eigenvalue weighted by atomic mass is 10.0. The van der Waals surface area contributed by atoms with Gasteiger partial charge in [0.25, 0.3) is 0 Å². The van der Waals surface area contributed by atoms with E-state index < -0.39 is 24.1 Å². The van der Waals surface area contributed by atoms with Crippen LogP contribution in [-0.2, 0) is 16.0 Å². The van der Waals surface area contributed by atoms with Gasteiger partial charge in [-0.1, -0.05) is 66.7 Å². The van der Waals surface area contributed by atoms with Gasteiger partial charge in [-0.3, -0.25) is 9.69 Å². The number of carbonyl (C=O) groups is 3. The van der Waals surface area contributed by atoms with Crippen molar-refractivity contribution in [3.05, 3.63) is 96.6 Å². The van der Waals surface area contributed by atoms with Gasteiger partial charge in [0, 0.05) is 19.0 Å². The molecule has 0 aliphatic carbocycles. The van der Waals surface area contributed by atoms with Crippen LogP contribution in [0.15, 0.2) is 91.0 Å². The molecule has 0 radical (unpaired) electrons. The van der Waals surface area contributed by atoms with Gasteiger partial charge in [0.15, 0.2) is 6.04 Å². The number of carboxylic acid groups (broad SMARTS) is 1. The lowest BCUT2D eigenvalue weighted by Crippen LogP contribution is -2.66. The minimum atomic E-state index is -1.10. The molecule has 2 saturated heterocycles. The molecule has 3 amide bonds. The second kappa shape index (κ2) is 10.2. The van der Waals surface area contributed by atoms with Crippen LogP contribution in [-0.4, -0.2) is 57.5 Å². The number of aliphatic carboxylic acids is 1. The van der Waals surface area contributed by atoms with Gasteiger partial charge in [0.1, 0.15) is 0 Å². The number of anilines is 2. The maximum absolute atomic E-state index is 14.0. The van der Waals surface area contributed by atoms with Crippen molar-refractivity contribution in [2.75, 3.05) is 11.4 Å². The van der Waals surface area contributed by atoms with Crippen molar-refractivity contribution < 1.29 is 19.5 Å². The van der Waals surface area contributed by atoms with E-state index in [0.29, 0.717) is 37.1 Å². The normalized spacial score (nSPS) is 20.7. The van der Waals surface area contributed by atoms with E-state index in [1.165, 1.54) is 4.90 Å². The smallest absolute Gasteiger partial charge is 0.329 e. The fourth-order valence-corrected chi connectivity index (χ4v) is 5.51. The molecule has 1 N–H and O–H groups in total. The molecule has 0 saturated carbocycles. The number of nitrogens with zero attached hydrogens (tertiary/aromatic N) is 3. The molecule has 2 aliphatic rings. The summed E-state index contributed by atoms with van der Waals surface area (Å²) in [4.78, 5) is 44.6. The second-order valence-electron chi connectivity index (χ2n) is 9.31. The van der Waals surface area contributed by atoms with E-state index >= 15 is 0 Å². The van der Waals surface area contributed by atoms with Crippen molar-refractivity contribution in [1.29, 1.82) is 0 Å². The number of benzene rings is 3. The Labute approximate surface area is 210 Å². The number of carbonyl (C=O) groups excluding carboxylic acids is 2. The molecule has 7 nitrogen and oxygen atoms in total. The molecule has 36 heavy (non-hydrogen) atoms. The van der Waals surface area contributed by atoms with Gasteiger partial charge < -0.3 is 14.9 Å². The molecule has 0 aromatic heterocycles. The first kappa shape index (κ1) is 23.6. The Kier molecular flexibility index (Phi) is 6.71. The summed E-state index contributed by atoms with van der Waals surface area (Å²) in [5.74, 6) is -1.14. The Balaban J connectivity index is 1.41. The van der Waals surface area contributed by atoms with Gasteiger partial charge in [-0.05, 0) is 49.1 Å². The highest BCUT2D eigenvalue weighted by molar-refractivity contribution is 6.01. The molecule has 3 aromatic carbocycles. The highest BCUT2D eigenvalue weighted by Gasteiger charge is 2.53. The molecule has 3 atom stereocenters. The lowest BCUT2D eigenvalue weighted by molar-refractivity contribution is -0.151. The largest absolute Gasteiger partial charge is 0.480 e. The third kappa shape index (κ3) is 4.56. The third-order valence-corrected chi connectivity index (χ3v) is 7.13. The average Bonchev–Trinajstić information content (AvgIpc) is 3.21. The van der Waals surface area contributed by atoms with Gasteiger partial charge in [0.2, 0.25) is 5.91 Å². The molecule has 2 fully saturated rings. The zero-order chi connectivity index (χ0) is 25.1. The number of urea groups is 1. The van der Waals surface area contributed by atoms with E-state index in [4.69, 9.17) is 0 Å². The Bertz CT molecular complexity index is 1180. The molecule has 5 rings (SSSR count). The summed E-state index contributed by atoms with van der Waals surface area (Å²) in [5, 5.41) is 10.3. The fourth-order valence-electron chi connectivity index (χ4n) is 5.51. The van der Waals surface area contributed by atoms with Gasteiger partial charge in [0.05, 0.1) is 17.4 Å². The number of carboxylic acids is 1. The van der Waals surface area contributed by atoms with Crippen LogP contribution < -0.4 is 4.90 Å². The molecule has 0 unspecified atom stereocenters. The van der Waals surface area contributed by atoms with Gasteiger partial charge in [-0.2, -0.15) is 0 Å². The van der Waals surface area contributed by atoms with Crippen LogP contribution in [0.5, 0.6) is 0 Å². The average molecular weight is 484 g/mol. The summed E-state index contributed by atoms with van der Waals surface area (Å²) < 4.78 is 0. The van der Waals surface area contributed by atoms with Crippen LogP contribution in [0.3, 0.4) is 0 Å². The van der Waals surface area contributed by atoms with Crippen LogP contribution in [0.4, 0.5) is 16.2 Å². The van der Waals surface area contributed by atoms with E-state index in [9.17, 15) is 19.5 Å². The molecule has 0 spiro atoms. The molecule has 2 bridgehead atoms. The molecule has 2 aliphatic heterocycles. The maximum atomic E-state index is 14.0. The van der Waals surface area contributed by atoms with Crippen molar-refractivity contribution in [2.45, 2.75) is 43.8 Å². The minimum absolute atomic E-state index is 0.0484. The van der Waals surface area contributed by atoms with Crippen LogP contribution in [0, 0.1) is 0 Å². The van der Waals surface area contributed by atoms with Crippen molar-refractivity contribution in [3.8, 4) is 0 Å². The molecule has 184 valence electrons. The number of likely N-dealkylation sites (tertiary alicyclic amines) is 1. The van der Waals surface area contributed by atoms with Crippen LogP contribution in [0.2, 0.25) is 0 Å². The number of fused-ring (bicyclic) bond motifs is 2. The van der Waals surface area contributed by atoms with Gasteiger partial charge in [-0.15, -0.1) is 0 Å². The Morgan fingerprint density at radius 3 is 1.92 bits per heavy atom. The summed E-state index contributed by atoms with van der Waals surface area (Å²) in [5.41, 5.74) is 2.39. The SMILES string of the molecule is O=C(O)[C@@H]1[C@H]2CC[C@@H](CN1C(=O)N(c1ccccc1)c1ccccc1)N2C(=O)CCc1ccccc1. The van der Waals surface area contributed by atoms with Gasteiger partial charge >= 0.3 is 12.0 Å². The zero-order valence-electron chi connectivity index (χ0n) is 19.9. The van der Waals surface area contributed by atoms with Crippen molar-refractivity contribution in [3.63, 3.8) is 0 Å². The topological polar surface area (TPSA) is 81.2 Å². The number of para-hydroxylation sites is 2. The van der Waals surface area contributed by atoms with Crippen molar-refractivity contribution >= 4 is 29.3 Å². The highest BCUT2D eigenvalue weighted by Crippen LogP contribution is 2.37. The number of hydrogen-bond acceptors (Lipinski definition) is 3. The minimum Gasteiger partial charge on any atom is -0.480 e. The highest BCUT2D eigenvalue weighted by atomic mass is 16.4. The Hall–Kier alpha value is -4.13. The molecular weight excluding hydrogens is 454 g/mol. The summed E-state index contributed by atoms with van der Waals surface area (Å²) in [6, 6.07) is 26.0. The van der Waals surface area contributed by atoms with Crippen LogP contribution >= 0.6 is 0 Å². The summed E-state index contributed by atoms with van der Waals surface area (Å²) in [7, 11) is 0. The van der Waals surface area contributed by atoms with Crippen molar-refractivity contribution in [2.24, 2.45) is 0 Å². The number of piperazine rings is 1. The first-order valence-corrected chi connectivity index (χ1v) is 12.3. The first-order chi connectivity index (χ1) is 17.5. The van der Waals surface area contributed by atoms with E-state index in [-0.39, 0.29) is 18.5 Å². The van der Waals surface area contributed by atoms with Gasteiger partial charge in [-0.25, -0.2) is 9.59 Å². The molecule has 7 heteroatoms. The van der Waals surface area contributed by atoms with Crippen LogP contribution in [0.1, 0.15) is 24.8 Å². The Morgan fingerprint density at radius 1 is 0.806 bits per heavy atom. The van der Waals surface area contributed by atoms with E-state index in [2.05, 4.69) is 0 Å². The molecule has 2 heterocycles. The van der Waals surface area contributed by atoms with E-state index in [0.717, 1.165) is 5.56 Å². The standard InChI is InChI=1S/C29H29N3O4/c33-26(19-16-21-10-4-1-5-11-21)32-24-17-18-25(32)27(28(34)35)30(20-24)29(36)31(22-12-6-2-7-13-22)23-14-8-3-9-15-23/h1-15,24-25,27H,16-20H2,(H,34,35)/t24-,25+,27-/m0/s1. The lowest BCUT2D eigenvalue weighted by Gasteiger charge is -2.46. The molecule has 3 aromatic rings. The predicted molar refractivity (Wildman–Crippen MR) is 137 cm³/mol. The van der Waals surface area contributed by atoms with E-state index in [1.54, 1.807) is 9.80 Å². The Morgan fingerprint density at radius 2 is 1.36 bits per heavy atom. The van der Waals surface area contributed by atoms with E-state index in [1.807, 2.05) is 91.0 Å². The monoisotopic (exact) mass is 483 g/mol. The van der Waals surface area contributed by atoms with Crippen LogP contribution in [0.25, 0.3) is 0 Å². The number of aryl methyl sites for hydroxylation is 1. The second-order valence-corrected chi connectivity index (χ2v) is 9.31. The third-order valence-electron chi connectivity index (χ3n) is 7.13. The van der Waals surface area contributed by atoms with Crippen molar-refractivity contribution in [1.82, 2.24) is 9.80 Å².